The highest BCUT2D eigenvalue weighted by atomic mass is 16.5. The lowest BCUT2D eigenvalue weighted by molar-refractivity contribution is 0.321. The summed E-state index contributed by atoms with van der Waals surface area (Å²) in [5.74, 6) is 3.42. The Balaban J connectivity index is 1.14. The molecule has 0 unspecified atom stereocenters. The summed E-state index contributed by atoms with van der Waals surface area (Å²) in [6, 6.07) is 50.2. The third-order valence-electron chi connectivity index (χ3n) is 13.3. The summed E-state index contributed by atoms with van der Waals surface area (Å²) in [5, 5.41) is 0. The molecule has 0 saturated heterocycles. The van der Waals surface area contributed by atoms with Crippen molar-refractivity contribution in [2.45, 2.75) is 78.3 Å². The highest BCUT2D eigenvalue weighted by Crippen LogP contribution is 2.57. The standard InChI is InChI=1S/C54H50N4O/c1-34-25-36(3)49(37(4)26-34)58-50(56-54(8)45-20-13-12-19-39(45)33-53(54,58)7)41-29-40(38-17-10-9-11-18-38)30-44(31-41)59-43-28-35(2)27-42(32-43)57-48-23-15-14-21-46(48)52(5,6)47-22-16-24-55-51(47)57/h9-32H,33H2,1-8H3/t53-,54+/m0/s1. The Morgan fingerprint density at radius 2 is 1.22 bits per heavy atom. The maximum atomic E-state index is 7.05. The van der Waals surface area contributed by atoms with Crippen molar-refractivity contribution in [1.29, 1.82) is 0 Å². The number of hydrogen-bond donors (Lipinski definition) is 0. The minimum atomic E-state index is -0.471. The Bertz CT molecular complexity index is 2780. The molecule has 1 aromatic heterocycles. The van der Waals surface area contributed by atoms with Crippen molar-refractivity contribution in [2.75, 3.05) is 9.80 Å². The number of aromatic nitrogens is 1. The van der Waals surface area contributed by atoms with E-state index in [0.717, 1.165) is 63.2 Å². The minimum Gasteiger partial charge on any atom is -0.457 e. The van der Waals surface area contributed by atoms with E-state index in [-0.39, 0.29) is 11.0 Å². The van der Waals surface area contributed by atoms with Gasteiger partial charge < -0.3 is 9.64 Å². The van der Waals surface area contributed by atoms with Crippen LogP contribution in [-0.2, 0) is 17.4 Å². The summed E-state index contributed by atoms with van der Waals surface area (Å²) in [5.41, 5.74) is 15.5. The summed E-state index contributed by atoms with van der Waals surface area (Å²) >= 11 is 0. The van der Waals surface area contributed by atoms with E-state index in [4.69, 9.17) is 14.7 Å². The molecule has 5 heteroatoms. The van der Waals surface area contributed by atoms with E-state index in [0.29, 0.717) is 0 Å². The summed E-state index contributed by atoms with van der Waals surface area (Å²) in [6.45, 7) is 18.1. The lowest BCUT2D eigenvalue weighted by atomic mass is 9.74. The lowest BCUT2D eigenvalue weighted by Crippen LogP contribution is -2.54. The smallest absolute Gasteiger partial charge is 0.141 e. The quantitative estimate of drug-likeness (QED) is 0.169. The Morgan fingerprint density at radius 1 is 0.576 bits per heavy atom. The number of aliphatic imine (C=N–C) groups is 1. The molecule has 0 N–H and O–H groups in total. The molecule has 59 heavy (non-hydrogen) atoms. The van der Waals surface area contributed by atoms with Gasteiger partial charge in [-0.25, -0.2) is 4.98 Å². The van der Waals surface area contributed by atoms with Crippen LogP contribution in [0.15, 0.2) is 151 Å². The molecule has 1 aliphatic carbocycles. The number of ether oxygens (including phenoxy) is 1. The predicted octanol–water partition coefficient (Wildman–Crippen LogP) is 13.4. The summed E-state index contributed by atoms with van der Waals surface area (Å²) < 4.78 is 7.05. The van der Waals surface area contributed by atoms with Crippen LogP contribution in [0.25, 0.3) is 11.1 Å². The molecular formula is C54H50N4O. The largest absolute Gasteiger partial charge is 0.457 e. The van der Waals surface area contributed by atoms with Crippen LogP contribution in [0.5, 0.6) is 11.5 Å². The Labute approximate surface area is 348 Å². The van der Waals surface area contributed by atoms with E-state index >= 15 is 0 Å². The van der Waals surface area contributed by atoms with Crippen LogP contribution in [0, 0.1) is 27.7 Å². The molecule has 10 rings (SSSR count). The molecule has 0 bridgehead atoms. The third kappa shape index (κ3) is 5.66. The van der Waals surface area contributed by atoms with Gasteiger partial charge in [-0.05, 0) is 135 Å². The van der Waals surface area contributed by atoms with Crippen molar-refractivity contribution in [3.05, 3.63) is 196 Å². The van der Waals surface area contributed by atoms with E-state index in [9.17, 15) is 0 Å². The van der Waals surface area contributed by atoms with Crippen LogP contribution in [0.1, 0.15) is 77.8 Å². The van der Waals surface area contributed by atoms with Crippen molar-refractivity contribution in [2.24, 2.45) is 4.99 Å². The SMILES string of the molecule is Cc1cc(Oc2cc(C3=N[C@]4(C)c5ccccc5C[C@]4(C)N3c3c(C)cc(C)cc3C)cc(-c3ccccc3)c2)cc(N2c3ccccc3C(C)(C)c3cccnc32)c1. The first-order valence-corrected chi connectivity index (χ1v) is 20.8. The second-order valence-corrected chi connectivity index (χ2v) is 17.8. The van der Waals surface area contributed by atoms with Gasteiger partial charge in [-0.3, -0.25) is 9.89 Å². The van der Waals surface area contributed by atoms with Crippen LogP contribution in [0.3, 0.4) is 0 Å². The topological polar surface area (TPSA) is 41.0 Å². The zero-order valence-electron chi connectivity index (χ0n) is 35.3. The van der Waals surface area contributed by atoms with Crippen LogP contribution < -0.4 is 14.5 Å². The molecule has 0 amide bonds. The van der Waals surface area contributed by atoms with Gasteiger partial charge in [0.1, 0.15) is 28.7 Å². The fourth-order valence-corrected chi connectivity index (χ4v) is 10.4. The van der Waals surface area contributed by atoms with Crippen molar-refractivity contribution in [3.8, 4) is 22.6 Å². The van der Waals surface area contributed by atoms with Crippen molar-refractivity contribution in [3.63, 3.8) is 0 Å². The molecular weight excluding hydrogens is 721 g/mol. The average Bonchev–Trinajstić information content (AvgIpc) is 3.58. The maximum absolute atomic E-state index is 7.05. The van der Waals surface area contributed by atoms with Gasteiger partial charge in [0, 0.05) is 34.5 Å². The van der Waals surface area contributed by atoms with E-state index in [1.54, 1.807) is 0 Å². The first-order valence-electron chi connectivity index (χ1n) is 20.8. The Hall–Kier alpha value is -6.46. The summed E-state index contributed by atoms with van der Waals surface area (Å²) in [6.07, 6.45) is 2.78. The fraction of sp³-hybridized carbons (Fsp3) is 0.222. The molecule has 2 aliphatic heterocycles. The number of rotatable bonds is 6. The number of fused-ring (bicyclic) bond motifs is 5. The molecule has 2 atom stereocenters. The number of hydrogen-bond acceptors (Lipinski definition) is 5. The van der Waals surface area contributed by atoms with Gasteiger partial charge in [-0.15, -0.1) is 0 Å². The fourth-order valence-electron chi connectivity index (χ4n) is 10.4. The van der Waals surface area contributed by atoms with Crippen molar-refractivity contribution in [1.82, 2.24) is 4.98 Å². The summed E-state index contributed by atoms with van der Waals surface area (Å²) in [7, 11) is 0. The zero-order valence-corrected chi connectivity index (χ0v) is 35.3. The van der Waals surface area contributed by atoms with Gasteiger partial charge >= 0.3 is 0 Å². The molecule has 3 aliphatic rings. The van der Waals surface area contributed by atoms with Crippen LogP contribution in [-0.4, -0.2) is 16.4 Å². The number of benzene rings is 6. The van der Waals surface area contributed by atoms with Gasteiger partial charge in [0.05, 0.1) is 16.9 Å². The molecule has 7 aromatic rings. The van der Waals surface area contributed by atoms with Gasteiger partial charge in [0.25, 0.3) is 0 Å². The summed E-state index contributed by atoms with van der Waals surface area (Å²) in [4.78, 5) is 15.7. The van der Waals surface area contributed by atoms with Crippen molar-refractivity contribution < 1.29 is 4.74 Å². The van der Waals surface area contributed by atoms with Gasteiger partial charge in [-0.1, -0.05) is 110 Å². The van der Waals surface area contributed by atoms with Crippen LogP contribution >= 0.6 is 0 Å². The average molecular weight is 771 g/mol. The number of para-hydroxylation sites is 1. The third-order valence-corrected chi connectivity index (χ3v) is 13.3. The molecule has 6 aromatic carbocycles. The van der Waals surface area contributed by atoms with Gasteiger partial charge in [0.2, 0.25) is 0 Å². The number of aryl methyl sites for hydroxylation is 4. The number of pyridine rings is 1. The minimum absolute atomic E-state index is 0.199. The second kappa shape index (κ2) is 13.3. The number of anilines is 4. The van der Waals surface area contributed by atoms with Crippen molar-refractivity contribution >= 4 is 28.7 Å². The molecule has 292 valence electrons. The highest BCUT2D eigenvalue weighted by Gasteiger charge is 2.61. The molecule has 0 spiro atoms. The molecule has 3 heterocycles. The Morgan fingerprint density at radius 3 is 2.00 bits per heavy atom. The van der Waals surface area contributed by atoms with E-state index in [2.05, 4.69) is 199 Å². The van der Waals surface area contributed by atoms with E-state index < -0.39 is 5.54 Å². The highest BCUT2D eigenvalue weighted by molar-refractivity contribution is 6.15. The van der Waals surface area contributed by atoms with Gasteiger partial charge in [-0.2, -0.15) is 0 Å². The maximum Gasteiger partial charge on any atom is 0.141 e. The first-order chi connectivity index (χ1) is 28.4. The Kier molecular flexibility index (Phi) is 8.30. The van der Waals surface area contributed by atoms with Crippen LogP contribution in [0.4, 0.5) is 22.9 Å². The van der Waals surface area contributed by atoms with Gasteiger partial charge in [0.15, 0.2) is 0 Å². The monoisotopic (exact) mass is 770 g/mol. The zero-order chi connectivity index (χ0) is 40.8. The van der Waals surface area contributed by atoms with E-state index in [1.807, 2.05) is 12.3 Å². The molecule has 0 saturated carbocycles. The number of nitrogens with zero attached hydrogens (tertiary/aromatic N) is 4. The normalized spacial score (nSPS) is 19.8. The second-order valence-electron chi connectivity index (χ2n) is 17.8. The molecule has 0 fully saturated rings. The lowest BCUT2D eigenvalue weighted by Gasteiger charge is -2.43. The molecule has 5 nitrogen and oxygen atoms in total. The van der Waals surface area contributed by atoms with E-state index in [1.165, 1.54) is 44.6 Å². The predicted molar refractivity (Wildman–Crippen MR) is 243 cm³/mol. The van der Waals surface area contributed by atoms with Crippen LogP contribution in [0.2, 0.25) is 0 Å². The molecule has 0 radical (unpaired) electrons. The first kappa shape index (κ1) is 36.9. The number of amidine groups is 1.